The van der Waals surface area contributed by atoms with E-state index in [-0.39, 0.29) is 0 Å². The Morgan fingerprint density at radius 1 is 1.26 bits per heavy atom. The van der Waals surface area contributed by atoms with E-state index in [4.69, 9.17) is 16.6 Å². The van der Waals surface area contributed by atoms with Crippen LogP contribution in [0.15, 0.2) is 60.2 Å². The van der Waals surface area contributed by atoms with E-state index in [0.717, 1.165) is 29.6 Å². The summed E-state index contributed by atoms with van der Waals surface area (Å²) in [6.07, 6.45) is 5.65. The van der Waals surface area contributed by atoms with Crippen molar-refractivity contribution in [1.82, 2.24) is 14.8 Å². The van der Waals surface area contributed by atoms with E-state index in [1.54, 1.807) is 4.68 Å². The normalized spacial score (nSPS) is 11.2. The first-order chi connectivity index (χ1) is 11.2. The number of nitrogens with one attached hydrogen (secondary N) is 2. The number of aromatic nitrogens is 3. The molecule has 2 aromatic heterocycles. The predicted molar refractivity (Wildman–Crippen MR) is 93.7 cm³/mol. The van der Waals surface area contributed by atoms with Gasteiger partial charge < -0.3 is 14.3 Å². The molecule has 0 saturated heterocycles. The minimum atomic E-state index is 0.371. The number of hydrogen-bond donors (Lipinski definition) is 2. The van der Waals surface area contributed by atoms with Crippen LogP contribution in [0.5, 0.6) is 0 Å². The number of H-pyrrole nitrogens is 1. The Hall–Kier alpha value is -2.44. The number of rotatable bonds is 7. The van der Waals surface area contributed by atoms with E-state index < -0.39 is 0 Å². The maximum Gasteiger partial charge on any atom is 0.292 e. The summed E-state index contributed by atoms with van der Waals surface area (Å²) < 4.78 is 7.42. The van der Waals surface area contributed by atoms with Gasteiger partial charge in [-0.3, -0.25) is 0 Å². The molecule has 3 aromatic rings. The zero-order chi connectivity index (χ0) is 16.2. The molecule has 2 N–H and O–H groups in total. The van der Waals surface area contributed by atoms with Crippen molar-refractivity contribution in [1.29, 1.82) is 0 Å². The SMILES string of the molecule is C=CC[NH+](CC=C)Cn1nc(-c2c[nH]c3ccccc23)oc1=S. The Labute approximate surface area is 139 Å². The van der Waals surface area contributed by atoms with Gasteiger partial charge in [0.2, 0.25) is 5.89 Å². The first-order valence-corrected chi connectivity index (χ1v) is 7.83. The first kappa shape index (κ1) is 15.5. The standard InChI is InChI=1S/C17H18N4OS/c1-3-9-20(10-4-2)12-21-17(23)22-16(19-21)14-11-18-15-8-6-5-7-13(14)15/h3-8,11,18H,1-2,9-10,12H2/p+1. The predicted octanol–water partition coefficient (Wildman–Crippen LogP) is 2.57. The Bertz CT molecular complexity index is 879. The molecule has 3 rings (SSSR count). The van der Waals surface area contributed by atoms with Crippen LogP contribution in [0.4, 0.5) is 0 Å². The minimum absolute atomic E-state index is 0.371. The summed E-state index contributed by atoms with van der Waals surface area (Å²) >= 11 is 5.31. The second kappa shape index (κ2) is 6.76. The molecule has 6 heteroatoms. The lowest BCUT2D eigenvalue weighted by molar-refractivity contribution is -0.912. The Morgan fingerprint density at radius 3 is 2.74 bits per heavy atom. The zero-order valence-electron chi connectivity index (χ0n) is 12.8. The average molecular weight is 327 g/mol. The van der Waals surface area contributed by atoms with Crippen molar-refractivity contribution in [3.05, 3.63) is 60.6 Å². The highest BCUT2D eigenvalue weighted by molar-refractivity contribution is 7.71. The van der Waals surface area contributed by atoms with Crippen molar-refractivity contribution in [3.63, 3.8) is 0 Å². The number of benzene rings is 1. The van der Waals surface area contributed by atoms with E-state index in [9.17, 15) is 0 Å². The fourth-order valence-electron chi connectivity index (χ4n) is 2.60. The molecule has 0 fully saturated rings. The molecule has 0 spiro atoms. The average Bonchev–Trinajstić information content (AvgIpc) is 3.12. The summed E-state index contributed by atoms with van der Waals surface area (Å²) in [4.78, 5) is 4.83. The molecule has 2 heterocycles. The van der Waals surface area contributed by atoms with Crippen LogP contribution < -0.4 is 4.90 Å². The van der Waals surface area contributed by atoms with Crippen molar-refractivity contribution >= 4 is 23.1 Å². The quantitative estimate of drug-likeness (QED) is 0.518. The number of hydrogen-bond acceptors (Lipinski definition) is 3. The van der Waals surface area contributed by atoms with E-state index >= 15 is 0 Å². The van der Waals surface area contributed by atoms with Crippen LogP contribution in [0.2, 0.25) is 0 Å². The summed E-state index contributed by atoms with van der Waals surface area (Å²) in [6.45, 7) is 9.81. The molecular formula is C17H19N4OS+. The van der Waals surface area contributed by atoms with E-state index in [1.165, 1.54) is 4.90 Å². The zero-order valence-corrected chi connectivity index (χ0v) is 13.6. The topological polar surface area (TPSA) is 51.2 Å². The van der Waals surface area contributed by atoms with Gasteiger partial charge in [-0.25, -0.2) is 0 Å². The highest BCUT2D eigenvalue weighted by Crippen LogP contribution is 2.27. The number of quaternary nitrogens is 1. The highest BCUT2D eigenvalue weighted by Gasteiger charge is 2.15. The molecule has 5 nitrogen and oxygen atoms in total. The number of para-hydroxylation sites is 1. The molecule has 0 aliphatic carbocycles. The van der Waals surface area contributed by atoms with Gasteiger partial charge in [0, 0.05) is 17.1 Å². The molecule has 0 atom stereocenters. The molecule has 0 radical (unpaired) electrons. The highest BCUT2D eigenvalue weighted by atomic mass is 32.1. The van der Waals surface area contributed by atoms with Gasteiger partial charge in [-0.15, -0.1) is 5.10 Å². The molecule has 23 heavy (non-hydrogen) atoms. The van der Waals surface area contributed by atoms with E-state index in [0.29, 0.717) is 17.4 Å². The van der Waals surface area contributed by atoms with Gasteiger partial charge in [0.25, 0.3) is 4.84 Å². The lowest BCUT2D eigenvalue weighted by Crippen LogP contribution is -3.11. The third-order valence-corrected chi connectivity index (χ3v) is 3.96. The van der Waals surface area contributed by atoms with Crippen molar-refractivity contribution in [2.75, 3.05) is 13.1 Å². The minimum Gasteiger partial charge on any atom is -0.409 e. The second-order valence-corrected chi connectivity index (χ2v) is 5.66. The monoisotopic (exact) mass is 327 g/mol. The van der Waals surface area contributed by atoms with Crippen molar-refractivity contribution in [2.24, 2.45) is 0 Å². The molecule has 1 aromatic carbocycles. The summed E-state index contributed by atoms with van der Waals surface area (Å²) in [5.41, 5.74) is 1.96. The molecule has 0 saturated carbocycles. The van der Waals surface area contributed by atoms with Crippen LogP contribution in [-0.4, -0.2) is 27.9 Å². The van der Waals surface area contributed by atoms with Crippen LogP contribution in [0.3, 0.4) is 0 Å². The second-order valence-electron chi connectivity index (χ2n) is 5.31. The van der Waals surface area contributed by atoms with Gasteiger partial charge >= 0.3 is 0 Å². The molecule has 0 amide bonds. The van der Waals surface area contributed by atoms with Gasteiger partial charge in [0.1, 0.15) is 0 Å². The van der Waals surface area contributed by atoms with Crippen LogP contribution >= 0.6 is 12.2 Å². The third kappa shape index (κ3) is 3.18. The molecular weight excluding hydrogens is 308 g/mol. The van der Waals surface area contributed by atoms with Gasteiger partial charge in [-0.1, -0.05) is 31.4 Å². The summed E-state index contributed by atoms with van der Waals surface area (Å²) in [5, 5.41) is 5.61. The first-order valence-electron chi connectivity index (χ1n) is 7.42. The van der Waals surface area contributed by atoms with Gasteiger partial charge in [-0.05, 0) is 30.4 Å². The van der Waals surface area contributed by atoms with Crippen molar-refractivity contribution in [3.8, 4) is 11.5 Å². The molecule has 0 aliphatic rings. The number of fused-ring (bicyclic) bond motifs is 1. The van der Waals surface area contributed by atoms with Crippen molar-refractivity contribution < 1.29 is 9.32 Å². The van der Waals surface area contributed by atoms with Crippen LogP contribution in [0, 0.1) is 4.84 Å². The van der Waals surface area contributed by atoms with Crippen molar-refractivity contribution in [2.45, 2.75) is 6.67 Å². The number of aromatic amines is 1. The fraction of sp³-hybridized carbons (Fsp3) is 0.176. The largest absolute Gasteiger partial charge is 0.409 e. The van der Waals surface area contributed by atoms with Gasteiger partial charge in [-0.2, -0.15) is 4.68 Å². The van der Waals surface area contributed by atoms with E-state index in [2.05, 4.69) is 23.2 Å². The summed E-state index contributed by atoms with van der Waals surface area (Å²) in [6, 6.07) is 8.03. The summed E-state index contributed by atoms with van der Waals surface area (Å²) in [5.74, 6) is 0.531. The van der Waals surface area contributed by atoms with E-state index in [1.807, 2.05) is 42.6 Å². The number of nitrogens with zero attached hydrogens (tertiary/aromatic N) is 2. The lowest BCUT2D eigenvalue weighted by Gasteiger charge is -2.14. The smallest absolute Gasteiger partial charge is 0.292 e. The fourth-order valence-corrected chi connectivity index (χ4v) is 2.78. The Kier molecular flexibility index (Phi) is 4.55. The van der Waals surface area contributed by atoms with Gasteiger partial charge in [0.15, 0.2) is 6.67 Å². The maximum atomic E-state index is 5.71. The van der Waals surface area contributed by atoms with Crippen LogP contribution in [0.25, 0.3) is 22.4 Å². The molecule has 0 bridgehead atoms. The maximum absolute atomic E-state index is 5.71. The lowest BCUT2D eigenvalue weighted by atomic mass is 10.2. The Morgan fingerprint density at radius 2 is 2.00 bits per heavy atom. The summed E-state index contributed by atoms with van der Waals surface area (Å²) in [7, 11) is 0. The van der Waals surface area contributed by atoms with Crippen LogP contribution in [0.1, 0.15) is 0 Å². The van der Waals surface area contributed by atoms with Gasteiger partial charge in [0.05, 0.1) is 18.7 Å². The molecule has 0 unspecified atom stereocenters. The third-order valence-electron chi connectivity index (χ3n) is 3.67. The van der Waals surface area contributed by atoms with Crippen LogP contribution in [-0.2, 0) is 6.67 Å². The Balaban J connectivity index is 1.93. The molecule has 118 valence electrons. The molecule has 0 aliphatic heterocycles.